The zero-order valence-corrected chi connectivity index (χ0v) is 15.1. The molecule has 0 aliphatic carbocycles. The number of aromatic nitrogens is 2. The van der Waals surface area contributed by atoms with Crippen LogP contribution in [0.3, 0.4) is 0 Å². The number of methoxy groups -OCH3 is 1. The Hall–Kier alpha value is -3.49. The van der Waals surface area contributed by atoms with Gasteiger partial charge in [-0.2, -0.15) is 13.2 Å². The monoisotopic (exact) mass is 405 g/mol. The van der Waals surface area contributed by atoms with E-state index in [0.29, 0.717) is 5.88 Å². The second-order valence-corrected chi connectivity index (χ2v) is 5.99. The Labute approximate surface area is 163 Å². The summed E-state index contributed by atoms with van der Waals surface area (Å²) in [7, 11) is 1.42. The highest BCUT2D eigenvalue weighted by Crippen LogP contribution is 2.31. The minimum absolute atomic E-state index is 0.123. The minimum Gasteiger partial charge on any atom is -0.481 e. The molecule has 0 fully saturated rings. The summed E-state index contributed by atoms with van der Waals surface area (Å²) in [4.78, 5) is 20.5. The first-order valence-corrected chi connectivity index (χ1v) is 8.38. The lowest BCUT2D eigenvalue weighted by Crippen LogP contribution is -2.30. The lowest BCUT2D eigenvalue weighted by Gasteiger charge is -2.20. The van der Waals surface area contributed by atoms with E-state index in [0.717, 1.165) is 18.2 Å². The quantitative estimate of drug-likeness (QED) is 0.648. The summed E-state index contributed by atoms with van der Waals surface area (Å²) in [6.45, 7) is 0. The molecule has 1 amide bonds. The lowest BCUT2D eigenvalue weighted by molar-refractivity contribution is -0.137. The lowest BCUT2D eigenvalue weighted by atomic mass is 10.0. The first kappa shape index (κ1) is 20.2. The van der Waals surface area contributed by atoms with Gasteiger partial charge in [0, 0.05) is 18.5 Å². The highest BCUT2D eigenvalue weighted by Gasteiger charge is 2.31. The van der Waals surface area contributed by atoms with Gasteiger partial charge in [-0.25, -0.2) is 9.37 Å². The van der Waals surface area contributed by atoms with Gasteiger partial charge < -0.3 is 10.1 Å². The molecule has 0 spiro atoms. The molecule has 3 aromatic rings. The maximum absolute atomic E-state index is 14.3. The van der Waals surface area contributed by atoms with Gasteiger partial charge in [0.05, 0.1) is 24.3 Å². The molecule has 1 N–H and O–H groups in total. The zero-order chi connectivity index (χ0) is 21.0. The van der Waals surface area contributed by atoms with Crippen LogP contribution in [0.15, 0.2) is 60.9 Å². The van der Waals surface area contributed by atoms with E-state index in [9.17, 15) is 22.4 Å². The molecule has 1 unspecified atom stereocenters. The standard InChI is InChI=1S/C20H15F4N3O2/c1-29-16-9-6-13(11-26-16)19(28)27-17(18-15(21)3-2-10-25-18)12-4-7-14(8-5-12)20(22,23)24/h2-11,17H,1H3,(H,27,28). The van der Waals surface area contributed by atoms with Crippen LogP contribution < -0.4 is 10.1 Å². The summed E-state index contributed by atoms with van der Waals surface area (Å²) >= 11 is 0. The molecule has 0 aliphatic heterocycles. The first-order chi connectivity index (χ1) is 13.8. The van der Waals surface area contributed by atoms with Crippen LogP contribution in [0.2, 0.25) is 0 Å². The smallest absolute Gasteiger partial charge is 0.416 e. The van der Waals surface area contributed by atoms with Crippen LogP contribution in [-0.4, -0.2) is 23.0 Å². The molecule has 29 heavy (non-hydrogen) atoms. The third-order valence-electron chi connectivity index (χ3n) is 4.11. The number of benzene rings is 1. The van der Waals surface area contributed by atoms with E-state index in [4.69, 9.17) is 4.74 Å². The van der Waals surface area contributed by atoms with Gasteiger partial charge in [0.2, 0.25) is 5.88 Å². The number of hydrogen-bond acceptors (Lipinski definition) is 4. The van der Waals surface area contributed by atoms with Crippen molar-refractivity contribution in [1.82, 2.24) is 15.3 Å². The number of hydrogen-bond donors (Lipinski definition) is 1. The van der Waals surface area contributed by atoms with Crippen molar-refractivity contribution in [3.63, 3.8) is 0 Å². The van der Waals surface area contributed by atoms with E-state index in [1.165, 1.54) is 49.8 Å². The van der Waals surface area contributed by atoms with Gasteiger partial charge in [0.1, 0.15) is 11.5 Å². The van der Waals surface area contributed by atoms with Gasteiger partial charge in [-0.3, -0.25) is 9.78 Å². The maximum atomic E-state index is 14.3. The van der Waals surface area contributed by atoms with Crippen molar-refractivity contribution in [3.8, 4) is 5.88 Å². The summed E-state index contributed by atoms with van der Waals surface area (Å²) in [5, 5.41) is 2.60. The van der Waals surface area contributed by atoms with E-state index in [-0.39, 0.29) is 16.8 Å². The predicted molar refractivity (Wildman–Crippen MR) is 95.7 cm³/mol. The maximum Gasteiger partial charge on any atom is 0.416 e. The van der Waals surface area contributed by atoms with Crippen LogP contribution >= 0.6 is 0 Å². The summed E-state index contributed by atoms with van der Waals surface area (Å²) in [6.07, 6.45) is -1.91. The number of ether oxygens (including phenoxy) is 1. The molecule has 0 radical (unpaired) electrons. The van der Waals surface area contributed by atoms with Crippen LogP contribution in [0.1, 0.15) is 33.2 Å². The topological polar surface area (TPSA) is 64.1 Å². The van der Waals surface area contributed by atoms with E-state index in [1.807, 2.05) is 0 Å². The molecule has 0 saturated carbocycles. The normalized spacial score (nSPS) is 12.3. The number of pyridine rings is 2. The van der Waals surface area contributed by atoms with Crippen molar-refractivity contribution >= 4 is 5.91 Å². The van der Waals surface area contributed by atoms with Crippen molar-refractivity contribution in [1.29, 1.82) is 0 Å². The zero-order valence-electron chi connectivity index (χ0n) is 15.1. The molecule has 1 aromatic carbocycles. The molecule has 1 atom stereocenters. The highest BCUT2D eigenvalue weighted by molar-refractivity contribution is 5.94. The third kappa shape index (κ3) is 4.68. The fourth-order valence-electron chi connectivity index (χ4n) is 2.63. The predicted octanol–water partition coefficient (Wildman–Crippen LogP) is 4.16. The van der Waals surface area contributed by atoms with Crippen molar-refractivity contribution in [2.45, 2.75) is 12.2 Å². The van der Waals surface area contributed by atoms with Gasteiger partial charge in [-0.15, -0.1) is 0 Å². The molecule has 2 aromatic heterocycles. The number of rotatable bonds is 5. The molecule has 3 rings (SSSR count). The number of nitrogens with one attached hydrogen (secondary N) is 1. The third-order valence-corrected chi connectivity index (χ3v) is 4.11. The van der Waals surface area contributed by atoms with Crippen LogP contribution in [0.4, 0.5) is 17.6 Å². The molecule has 0 aliphatic rings. The summed E-state index contributed by atoms with van der Waals surface area (Å²) in [5.41, 5.74) is -0.571. The number of halogens is 4. The van der Waals surface area contributed by atoms with Crippen molar-refractivity contribution in [2.75, 3.05) is 7.11 Å². The van der Waals surface area contributed by atoms with E-state index in [1.54, 1.807) is 0 Å². The van der Waals surface area contributed by atoms with Gasteiger partial charge in [-0.1, -0.05) is 12.1 Å². The van der Waals surface area contributed by atoms with E-state index >= 15 is 0 Å². The second-order valence-electron chi connectivity index (χ2n) is 5.99. The average molecular weight is 405 g/mol. The molecule has 2 heterocycles. The van der Waals surface area contributed by atoms with Crippen molar-refractivity contribution in [2.24, 2.45) is 0 Å². The molecule has 0 bridgehead atoms. The van der Waals surface area contributed by atoms with Crippen molar-refractivity contribution < 1.29 is 27.1 Å². The van der Waals surface area contributed by atoms with Gasteiger partial charge in [0.25, 0.3) is 5.91 Å². The summed E-state index contributed by atoms with van der Waals surface area (Å²) < 4.78 is 57.8. The Morgan fingerprint density at radius 3 is 2.34 bits per heavy atom. The fourth-order valence-corrected chi connectivity index (χ4v) is 2.63. The molecule has 0 saturated heterocycles. The molecular weight excluding hydrogens is 390 g/mol. The Balaban J connectivity index is 1.95. The van der Waals surface area contributed by atoms with Gasteiger partial charge in [0.15, 0.2) is 0 Å². The SMILES string of the molecule is COc1ccc(C(=O)NC(c2ccc(C(F)(F)F)cc2)c2ncccc2F)cn1. The van der Waals surface area contributed by atoms with Crippen LogP contribution in [0, 0.1) is 5.82 Å². The van der Waals surface area contributed by atoms with Crippen LogP contribution in [0.5, 0.6) is 5.88 Å². The highest BCUT2D eigenvalue weighted by atomic mass is 19.4. The summed E-state index contributed by atoms with van der Waals surface area (Å²) in [5.74, 6) is -1.00. The molecule has 150 valence electrons. The first-order valence-electron chi connectivity index (χ1n) is 8.38. The summed E-state index contributed by atoms with van der Waals surface area (Å²) in [6, 6.07) is 8.44. The Morgan fingerprint density at radius 2 is 1.79 bits per heavy atom. The largest absolute Gasteiger partial charge is 0.481 e. The number of nitrogens with zero attached hydrogens (tertiary/aromatic N) is 2. The number of amides is 1. The minimum atomic E-state index is -4.51. The average Bonchev–Trinajstić information content (AvgIpc) is 2.72. The van der Waals surface area contributed by atoms with Gasteiger partial charge >= 0.3 is 6.18 Å². The van der Waals surface area contributed by atoms with E-state index < -0.39 is 29.5 Å². The van der Waals surface area contributed by atoms with Gasteiger partial charge in [-0.05, 0) is 35.9 Å². The Kier molecular flexibility index (Phi) is 5.76. The molecular formula is C20H15F4N3O2. The molecule has 9 heteroatoms. The second kappa shape index (κ2) is 8.26. The molecule has 5 nitrogen and oxygen atoms in total. The van der Waals surface area contributed by atoms with E-state index in [2.05, 4.69) is 15.3 Å². The van der Waals surface area contributed by atoms with Crippen LogP contribution in [0.25, 0.3) is 0 Å². The van der Waals surface area contributed by atoms with Crippen LogP contribution in [-0.2, 0) is 6.18 Å². The Morgan fingerprint density at radius 1 is 1.07 bits per heavy atom. The Bertz CT molecular complexity index is 990. The number of carbonyl (C=O) groups excluding carboxylic acids is 1. The number of carbonyl (C=O) groups is 1. The fraction of sp³-hybridized carbons (Fsp3) is 0.150. The van der Waals surface area contributed by atoms with Crippen molar-refractivity contribution in [3.05, 3.63) is 89.1 Å². The number of alkyl halides is 3.